The van der Waals surface area contributed by atoms with E-state index in [0.29, 0.717) is 11.6 Å². The number of hydrogen-bond donors (Lipinski definition) is 1. The zero-order valence-corrected chi connectivity index (χ0v) is 10.9. The summed E-state index contributed by atoms with van der Waals surface area (Å²) in [5.74, 6) is 0.815. The first-order chi connectivity index (χ1) is 8.85. The SMILES string of the molecule is CCN(CC1CCCCN1)c1ncccc1C#N. The number of pyridine rings is 1. The maximum atomic E-state index is 9.14. The zero-order valence-electron chi connectivity index (χ0n) is 10.9. The number of aromatic nitrogens is 1. The highest BCUT2D eigenvalue weighted by Gasteiger charge is 2.18. The van der Waals surface area contributed by atoms with Crippen LogP contribution < -0.4 is 10.2 Å². The molecule has 0 radical (unpaired) electrons. The topological polar surface area (TPSA) is 52.0 Å². The Morgan fingerprint density at radius 2 is 2.44 bits per heavy atom. The molecular formula is C14H20N4. The highest BCUT2D eigenvalue weighted by Crippen LogP contribution is 2.18. The van der Waals surface area contributed by atoms with E-state index in [-0.39, 0.29) is 0 Å². The summed E-state index contributed by atoms with van der Waals surface area (Å²) in [4.78, 5) is 6.56. The third kappa shape index (κ3) is 2.99. The number of nitrogens with zero attached hydrogens (tertiary/aromatic N) is 3. The summed E-state index contributed by atoms with van der Waals surface area (Å²) < 4.78 is 0. The van der Waals surface area contributed by atoms with Crippen LogP contribution in [0.4, 0.5) is 5.82 Å². The average molecular weight is 244 g/mol. The van der Waals surface area contributed by atoms with E-state index in [1.807, 2.05) is 12.1 Å². The number of anilines is 1. The van der Waals surface area contributed by atoms with Crippen LogP contribution >= 0.6 is 0 Å². The van der Waals surface area contributed by atoms with Crippen molar-refractivity contribution >= 4 is 5.82 Å². The van der Waals surface area contributed by atoms with Gasteiger partial charge >= 0.3 is 0 Å². The largest absolute Gasteiger partial charge is 0.354 e. The van der Waals surface area contributed by atoms with Gasteiger partial charge in [0.15, 0.2) is 0 Å². The van der Waals surface area contributed by atoms with Gasteiger partial charge in [0.2, 0.25) is 0 Å². The molecule has 1 aliphatic rings. The van der Waals surface area contributed by atoms with Crippen molar-refractivity contribution in [3.8, 4) is 6.07 Å². The second-order valence-electron chi connectivity index (χ2n) is 4.67. The first-order valence-electron chi connectivity index (χ1n) is 6.68. The van der Waals surface area contributed by atoms with Gasteiger partial charge in [0.25, 0.3) is 0 Å². The van der Waals surface area contributed by atoms with Gasteiger partial charge in [-0.05, 0) is 38.4 Å². The standard InChI is InChI=1S/C14H20N4/c1-2-18(11-13-7-3-4-8-16-13)14-12(10-15)6-5-9-17-14/h5-6,9,13,16H,2-4,7-8,11H2,1H3. The Hall–Kier alpha value is -1.60. The van der Waals surface area contributed by atoms with Gasteiger partial charge < -0.3 is 10.2 Å². The second-order valence-corrected chi connectivity index (χ2v) is 4.67. The van der Waals surface area contributed by atoms with E-state index in [1.54, 1.807) is 6.20 Å². The molecule has 0 aromatic carbocycles. The molecule has 1 aromatic rings. The minimum atomic E-state index is 0.521. The van der Waals surface area contributed by atoms with Gasteiger partial charge in [-0.25, -0.2) is 4.98 Å². The Labute approximate surface area is 109 Å². The molecule has 0 spiro atoms. The Bertz CT molecular complexity index is 418. The zero-order chi connectivity index (χ0) is 12.8. The molecule has 1 aromatic heterocycles. The quantitative estimate of drug-likeness (QED) is 0.879. The van der Waals surface area contributed by atoms with E-state index in [1.165, 1.54) is 19.3 Å². The minimum Gasteiger partial charge on any atom is -0.354 e. The fourth-order valence-corrected chi connectivity index (χ4v) is 2.45. The molecule has 0 bridgehead atoms. The number of hydrogen-bond acceptors (Lipinski definition) is 4. The minimum absolute atomic E-state index is 0.521. The van der Waals surface area contributed by atoms with Gasteiger partial charge in [-0.2, -0.15) is 5.26 Å². The van der Waals surface area contributed by atoms with Crippen molar-refractivity contribution in [2.75, 3.05) is 24.5 Å². The van der Waals surface area contributed by atoms with E-state index in [4.69, 9.17) is 5.26 Å². The summed E-state index contributed by atoms with van der Waals surface area (Å²) in [6.07, 6.45) is 5.54. The average Bonchev–Trinajstić information content (AvgIpc) is 2.46. The number of piperidine rings is 1. The summed E-state index contributed by atoms with van der Waals surface area (Å²) in [6, 6.07) is 6.39. The fraction of sp³-hybridized carbons (Fsp3) is 0.571. The highest BCUT2D eigenvalue weighted by atomic mass is 15.2. The van der Waals surface area contributed by atoms with Crippen LogP contribution in [0.5, 0.6) is 0 Å². The molecule has 4 heteroatoms. The monoisotopic (exact) mass is 244 g/mol. The van der Waals surface area contributed by atoms with Crippen LogP contribution in [0.1, 0.15) is 31.7 Å². The number of nitriles is 1. The van der Waals surface area contributed by atoms with Gasteiger partial charge in [0.05, 0.1) is 5.56 Å². The highest BCUT2D eigenvalue weighted by molar-refractivity contribution is 5.53. The summed E-state index contributed by atoms with van der Waals surface area (Å²) >= 11 is 0. The van der Waals surface area contributed by atoms with Crippen LogP contribution in [0.2, 0.25) is 0 Å². The van der Waals surface area contributed by atoms with Crippen molar-refractivity contribution in [1.82, 2.24) is 10.3 Å². The van der Waals surface area contributed by atoms with Crippen molar-refractivity contribution in [2.24, 2.45) is 0 Å². The molecule has 0 saturated carbocycles. The van der Waals surface area contributed by atoms with Crippen LogP contribution in [0.15, 0.2) is 18.3 Å². The fourth-order valence-electron chi connectivity index (χ4n) is 2.45. The van der Waals surface area contributed by atoms with Crippen molar-refractivity contribution < 1.29 is 0 Å². The van der Waals surface area contributed by atoms with Crippen molar-refractivity contribution in [2.45, 2.75) is 32.2 Å². The third-order valence-electron chi connectivity index (χ3n) is 3.44. The Kier molecular flexibility index (Phi) is 4.54. The van der Waals surface area contributed by atoms with Crippen molar-refractivity contribution in [1.29, 1.82) is 5.26 Å². The molecule has 1 fully saturated rings. The molecule has 1 aliphatic heterocycles. The number of nitrogens with one attached hydrogen (secondary N) is 1. The Morgan fingerprint density at radius 3 is 3.11 bits per heavy atom. The molecular weight excluding hydrogens is 224 g/mol. The molecule has 1 N–H and O–H groups in total. The third-order valence-corrected chi connectivity index (χ3v) is 3.44. The summed E-state index contributed by atoms with van der Waals surface area (Å²) in [6.45, 7) is 5.03. The maximum absolute atomic E-state index is 9.14. The molecule has 96 valence electrons. The van der Waals surface area contributed by atoms with Gasteiger partial charge in [-0.1, -0.05) is 6.42 Å². The molecule has 18 heavy (non-hydrogen) atoms. The van der Waals surface area contributed by atoms with Crippen LogP contribution in [0.3, 0.4) is 0 Å². The van der Waals surface area contributed by atoms with Crippen LogP contribution in [-0.4, -0.2) is 30.7 Å². The Morgan fingerprint density at radius 1 is 1.56 bits per heavy atom. The molecule has 2 rings (SSSR count). The summed E-state index contributed by atoms with van der Waals surface area (Å²) in [5.41, 5.74) is 0.662. The van der Waals surface area contributed by atoms with Gasteiger partial charge in [0.1, 0.15) is 11.9 Å². The molecule has 4 nitrogen and oxygen atoms in total. The van der Waals surface area contributed by atoms with E-state index >= 15 is 0 Å². The molecule has 1 atom stereocenters. The first-order valence-corrected chi connectivity index (χ1v) is 6.68. The lowest BCUT2D eigenvalue weighted by molar-refractivity contribution is 0.399. The maximum Gasteiger partial charge on any atom is 0.146 e. The first kappa shape index (κ1) is 12.8. The van der Waals surface area contributed by atoms with Crippen LogP contribution in [0.25, 0.3) is 0 Å². The van der Waals surface area contributed by atoms with Gasteiger partial charge in [0, 0.05) is 25.3 Å². The normalized spacial score (nSPS) is 19.2. The van der Waals surface area contributed by atoms with Crippen molar-refractivity contribution in [3.05, 3.63) is 23.9 Å². The Balaban J connectivity index is 2.10. The van der Waals surface area contributed by atoms with Crippen LogP contribution in [0, 0.1) is 11.3 Å². The lowest BCUT2D eigenvalue weighted by Crippen LogP contribution is -2.44. The molecule has 2 heterocycles. The smallest absolute Gasteiger partial charge is 0.146 e. The number of rotatable bonds is 4. The van der Waals surface area contributed by atoms with Gasteiger partial charge in [-0.15, -0.1) is 0 Å². The molecule has 1 unspecified atom stereocenters. The van der Waals surface area contributed by atoms with E-state index in [0.717, 1.165) is 25.5 Å². The van der Waals surface area contributed by atoms with Crippen molar-refractivity contribution in [3.63, 3.8) is 0 Å². The van der Waals surface area contributed by atoms with E-state index in [9.17, 15) is 0 Å². The lowest BCUT2D eigenvalue weighted by atomic mass is 10.0. The van der Waals surface area contributed by atoms with Gasteiger partial charge in [-0.3, -0.25) is 0 Å². The van der Waals surface area contributed by atoms with E-state index in [2.05, 4.69) is 28.2 Å². The van der Waals surface area contributed by atoms with E-state index < -0.39 is 0 Å². The predicted molar refractivity (Wildman–Crippen MR) is 72.5 cm³/mol. The predicted octanol–water partition coefficient (Wildman–Crippen LogP) is 1.92. The summed E-state index contributed by atoms with van der Waals surface area (Å²) in [7, 11) is 0. The lowest BCUT2D eigenvalue weighted by Gasteiger charge is -2.31. The summed E-state index contributed by atoms with van der Waals surface area (Å²) in [5, 5.41) is 12.7. The molecule has 0 aliphatic carbocycles. The van der Waals surface area contributed by atoms with Crippen LogP contribution in [-0.2, 0) is 0 Å². The molecule has 1 saturated heterocycles. The second kappa shape index (κ2) is 6.36. The number of likely N-dealkylation sites (N-methyl/N-ethyl adjacent to an activating group) is 1. The molecule has 0 amide bonds.